The van der Waals surface area contributed by atoms with Gasteiger partial charge in [-0.05, 0) is 12.5 Å². The SMILES string of the molecule is C=CCCOCC(=O)N[C@H]1CCOc2ccccc21. The molecule has 4 nitrogen and oxygen atoms in total. The number of carbonyl (C=O) groups is 1. The lowest BCUT2D eigenvalue weighted by atomic mass is 10.0. The first-order valence-electron chi connectivity index (χ1n) is 6.51. The predicted octanol–water partition coefficient (Wildman–Crippen LogP) is 2.22. The summed E-state index contributed by atoms with van der Waals surface area (Å²) in [5.41, 5.74) is 1.04. The van der Waals surface area contributed by atoms with Crippen molar-refractivity contribution in [1.29, 1.82) is 0 Å². The van der Waals surface area contributed by atoms with Gasteiger partial charge in [0.2, 0.25) is 5.91 Å². The molecule has 0 saturated heterocycles. The molecule has 0 radical (unpaired) electrons. The molecule has 0 spiro atoms. The molecule has 1 amide bonds. The lowest BCUT2D eigenvalue weighted by Crippen LogP contribution is -2.34. The van der Waals surface area contributed by atoms with Crippen LogP contribution in [0.4, 0.5) is 0 Å². The van der Waals surface area contributed by atoms with Crippen LogP contribution in [0.2, 0.25) is 0 Å². The van der Waals surface area contributed by atoms with Gasteiger partial charge >= 0.3 is 0 Å². The number of fused-ring (bicyclic) bond motifs is 1. The van der Waals surface area contributed by atoms with E-state index >= 15 is 0 Å². The Morgan fingerprint density at radius 3 is 3.21 bits per heavy atom. The van der Waals surface area contributed by atoms with E-state index in [1.807, 2.05) is 24.3 Å². The van der Waals surface area contributed by atoms with Crippen molar-refractivity contribution in [1.82, 2.24) is 5.32 Å². The second-order valence-corrected chi connectivity index (χ2v) is 4.42. The third kappa shape index (κ3) is 3.83. The molecule has 1 atom stereocenters. The molecule has 0 fully saturated rings. The third-order valence-corrected chi connectivity index (χ3v) is 2.99. The fraction of sp³-hybridized carbons (Fsp3) is 0.400. The molecule has 1 heterocycles. The van der Waals surface area contributed by atoms with E-state index in [-0.39, 0.29) is 18.6 Å². The summed E-state index contributed by atoms with van der Waals surface area (Å²) in [5.74, 6) is 0.761. The molecule has 19 heavy (non-hydrogen) atoms. The van der Waals surface area contributed by atoms with Gasteiger partial charge in [0.15, 0.2) is 0 Å². The molecular formula is C15H19NO3. The number of amides is 1. The molecule has 0 aromatic heterocycles. The number of para-hydroxylation sites is 1. The maximum absolute atomic E-state index is 11.8. The smallest absolute Gasteiger partial charge is 0.246 e. The Bertz CT molecular complexity index is 445. The van der Waals surface area contributed by atoms with Gasteiger partial charge in [-0.15, -0.1) is 6.58 Å². The molecular weight excluding hydrogens is 242 g/mol. The molecule has 0 bridgehead atoms. The molecule has 1 aliphatic heterocycles. The summed E-state index contributed by atoms with van der Waals surface area (Å²) in [6.45, 7) is 4.85. The van der Waals surface area contributed by atoms with Crippen LogP contribution in [0.25, 0.3) is 0 Å². The van der Waals surface area contributed by atoms with Crippen LogP contribution in [0, 0.1) is 0 Å². The Labute approximate surface area is 113 Å². The summed E-state index contributed by atoms with van der Waals surface area (Å²) < 4.78 is 10.8. The highest BCUT2D eigenvalue weighted by Crippen LogP contribution is 2.31. The van der Waals surface area contributed by atoms with Gasteiger partial charge in [-0.1, -0.05) is 24.3 Å². The Morgan fingerprint density at radius 2 is 2.37 bits per heavy atom. The number of rotatable bonds is 6. The average molecular weight is 261 g/mol. The molecule has 1 N–H and O–H groups in total. The van der Waals surface area contributed by atoms with Gasteiger partial charge in [0, 0.05) is 12.0 Å². The fourth-order valence-electron chi connectivity index (χ4n) is 2.06. The largest absolute Gasteiger partial charge is 0.493 e. The molecule has 2 rings (SSSR count). The number of carbonyl (C=O) groups excluding carboxylic acids is 1. The summed E-state index contributed by atoms with van der Waals surface area (Å²) in [5, 5.41) is 2.98. The number of hydrogen-bond donors (Lipinski definition) is 1. The highest BCUT2D eigenvalue weighted by atomic mass is 16.5. The van der Waals surface area contributed by atoms with Gasteiger partial charge in [-0.25, -0.2) is 0 Å². The summed E-state index contributed by atoms with van der Waals surface area (Å²) in [7, 11) is 0. The summed E-state index contributed by atoms with van der Waals surface area (Å²) in [6, 6.07) is 7.81. The van der Waals surface area contributed by atoms with E-state index < -0.39 is 0 Å². The van der Waals surface area contributed by atoms with E-state index in [4.69, 9.17) is 9.47 Å². The first-order chi connectivity index (χ1) is 9.31. The first kappa shape index (κ1) is 13.6. The Kier molecular flexibility index (Phi) is 4.98. The van der Waals surface area contributed by atoms with Gasteiger partial charge in [0.05, 0.1) is 19.3 Å². The molecule has 1 aromatic rings. The molecule has 0 saturated carbocycles. The van der Waals surface area contributed by atoms with E-state index in [0.29, 0.717) is 13.2 Å². The monoisotopic (exact) mass is 261 g/mol. The van der Waals surface area contributed by atoms with Crippen LogP contribution in [0.15, 0.2) is 36.9 Å². The Hall–Kier alpha value is -1.81. The van der Waals surface area contributed by atoms with Crippen LogP contribution >= 0.6 is 0 Å². The van der Waals surface area contributed by atoms with E-state index in [1.165, 1.54) is 0 Å². The fourth-order valence-corrected chi connectivity index (χ4v) is 2.06. The van der Waals surface area contributed by atoms with Gasteiger partial charge in [0.25, 0.3) is 0 Å². The first-order valence-corrected chi connectivity index (χ1v) is 6.51. The third-order valence-electron chi connectivity index (χ3n) is 2.99. The van der Waals surface area contributed by atoms with E-state index in [9.17, 15) is 4.79 Å². The van der Waals surface area contributed by atoms with Gasteiger partial charge in [-0.3, -0.25) is 4.79 Å². The highest BCUT2D eigenvalue weighted by Gasteiger charge is 2.22. The standard InChI is InChI=1S/C15H19NO3/c1-2-3-9-18-11-15(17)16-13-8-10-19-14-7-5-4-6-12(13)14/h2,4-7,13H,1,3,8-11H2,(H,16,17)/t13-/m0/s1. The summed E-state index contributed by atoms with van der Waals surface area (Å²) in [6.07, 6.45) is 3.31. The van der Waals surface area contributed by atoms with Crippen molar-refractivity contribution >= 4 is 5.91 Å². The van der Waals surface area contributed by atoms with Crippen molar-refractivity contribution in [3.05, 3.63) is 42.5 Å². The quantitative estimate of drug-likeness (QED) is 0.631. The second-order valence-electron chi connectivity index (χ2n) is 4.42. The zero-order valence-electron chi connectivity index (χ0n) is 10.9. The van der Waals surface area contributed by atoms with Gasteiger partial charge in [0.1, 0.15) is 12.4 Å². The predicted molar refractivity (Wildman–Crippen MR) is 73.1 cm³/mol. The lowest BCUT2D eigenvalue weighted by Gasteiger charge is -2.26. The minimum atomic E-state index is -0.0919. The zero-order chi connectivity index (χ0) is 13.5. The minimum Gasteiger partial charge on any atom is -0.493 e. The normalized spacial score (nSPS) is 17.2. The van der Waals surface area contributed by atoms with Gasteiger partial charge in [-0.2, -0.15) is 0 Å². The Balaban J connectivity index is 1.86. The van der Waals surface area contributed by atoms with Crippen LogP contribution < -0.4 is 10.1 Å². The maximum atomic E-state index is 11.8. The van der Waals surface area contributed by atoms with Crippen molar-refractivity contribution in [3.8, 4) is 5.75 Å². The van der Waals surface area contributed by atoms with Crippen LogP contribution in [0.5, 0.6) is 5.75 Å². The molecule has 0 aliphatic carbocycles. The Morgan fingerprint density at radius 1 is 1.53 bits per heavy atom. The minimum absolute atomic E-state index is 0.0143. The van der Waals surface area contributed by atoms with Gasteiger partial charge < -0.3 is 14.8 Å². The van der Waals surface area contributed by atoms with Crippen LogP contribution in [0.3, 0.4) is 0 Å². The molecule has 102 valence electrons. The maximum Gasteiger partial charge on any atom is 0.246 e. The molecule has 1 aromatic carbocycles. The van der Waals surface area contributed by atoms with Crippen LogP contribution in [-0.4, -0.2) is 25.7 Å². The summed E-state index contributed by atoms with van der Waals surface area (Å²) in [4.78, 5) is 11.8. The average Bonchev–Trinajstić information content (AvgIpc) is 2.44. The molecule has 0 unspecified atom stereocenters. The van der Waals surface area contributed by atoms with Crippen molar-refractivity contribution in [2.75, 3.05) is 19.8 Å². The van der Waals surface area contributed by atoms with Crippen molar-refractivity contribution in [2.45, 2.75) is 18.9 Å². The van der Waals surface area contributed by atoms with Crippen LogP contribution in [-0.2, 0) is 9.53 Å². The van der Waals surface area contributed by atoms with Crippen molar-refractivity contribution in [3.63, 3.8) is 0 Å². The zero-order valence-corrected chi connectivity index (χ0v) is 10.9. The molecule has 4 heteroatoms. The van der Waals surface area contributed by atoms with Crippen molar-refractivity contribution in [2.24, 2.45) is 0 Å². The number of hydrogen-bond acceptors (Lipinski definition) is 3. The lowest BCUT2D eigenvalue weighted by molar-refractivity contribution is -0.126. The van der Waals surface area contributed by atoms with Crippen LogP contribution in [0.1, 0.15) is 24.4 Å². The number of benzene rings is 1. The van der Waals surface area contributed by atoms with E-state index in [2.05, 4.69) is 11.9 Å². The number of nitrogens with one attached hydrogen (secondary N) is 1. The summed E-state index contributed by atoms with van der Waals surface area (Å²) >= 11 is 0. The second kappa shape index (κ2) is 6.95. The van der Waals surface area contributed by atoms with E-state index in [1.54, 1.807) is 6.08 Å². The number of ether oxygens (including phenoxy) is 2. The van der Waals surface area contributed by atoms with Crippen molar-refractivity contribution < 1.29 is 14.3 Å². The van der Waals surface area contributed by atoms with E-state index in [0.717, 1.165) is 24.2 Å². The topological polar surface area (TPSA) is 47.6 Å². The highest BCUT2D eigenvalue weighted by molar-refractivity contribution is 5.77. The molecule has 1 aliphatic rings.